The fourth-order valence-electron chi connectivity index (χ4n) is 3.58. The van der Waals surface area contributed by atoms with Gasteiger partial charge in [0.25, 0.3) is 11.8 Å². The highest BCUT2D eigenvalue weighted by Gasteiger charge is 2.28. The van der Waals surface area contributed by atoms with Crippen molar-refractivity contribution in [1.82, 2.24) is 5.48 Å². The molecule has 0 saturated carbocycles. The number of halogens is 1. The van der Waals surface area contributed by atoms with Crippen molar-refractivity contribution in [3.05, 3.63) is 101 Å². The van der Waals surface area contributed by atoms with Gasteiger partial charge in [-0.1, -0.05) is 42.5 Å². The summed E-state index contributed by atoms with van der Waals surface area (Å²) in [6.45, 7) is 0.464. The predicted molar refractivity (Wildman–Crippen MR) is 112 cm³/mol. The molecule has 1 aliphatic rings. The second-order valence-corrected chi connectivity index (χ2v) is 6.97. The number of rotatable bonds is 4. The summed E-state index contributed by atoms with van der Waals surface area (Å²) in [7, 11) is 0. The van der Waals surface area contributed by atoms with Gasteiger partial charge >= 0.3 is 0 Å². The molecular weight excluding hydrogens is 383 g/mol. The summed E-state index contributed by atoms with van der Waals surface area (Å²) < 4.78 is 13.4. The van der Waals surface area contributed by atoms with Gasteiger partial charge in [-0.2, -0.15) is 0 Å². The summed E-state index contributed by atoms with van der Waals surface area (Å²) in [5.41, 5.74) is 5.44. The van der Waals surface area contributed by atoms with Gasteiger partial charge < -0.3 is 4.90 Å². The standard InChI is InChI=1S/C24H19FN2O3/c25-20-9-6-17(7-10-20)21(14-16-4-2-1-3-5-16)24(29)27-13-12-18-15-19(23(28)26-30)8-11-22(18)27/h1-11,14-15,30H,12-13H2,(H,26,28). The fourth-order valence-corrected chi connectivity index (χ4v) is 3.58. The van der Waals surface area contributed by atoms with Crippen LogP contribution in [-0.2, 0) is 11.2 Å². The van der Waals surface area contributed by atoms with Crippen molar-refractivity contribution in [1.29, 1.82) is 0 Å². The number of nitrogens with one attached hydrogen (secondary N) is 1. The Morgan fingerprint density at radius 3 is 2.37 bits per heavy atom. The molecule has 0 unspecified atom stereocenters. The Hall–Kier alpha value is -3.77. The van der Waals surface area contributed by atoms with Crippen LogP contribution in [0.25, 0.3) is 11.6 Å². The molecule has 0 aromatic heterocycles. The van der Waals surface area contributed by atoms with E-state index in [-0.39, 0.29) is 11.7 Å². The second-order valence-electron chi connectivity index (χ2n) is 6.97. The Kier molecular flexibility index (Phi) is 5.41. The number of anilines is 1. The Morgan fingerprint density at radius 2 is 1.67 bits per heavy atom. The summed E-state index contributed by atoms with van der Waals surface area (Å²) in [5.74, 6) is -1.17. The lowest BCUT2D eigenvalue weighted by atomic mass is 10.0. The molecule has 4 rings (SSSR count). The molecule has 0 radical (unpaired) electrons. The molecule has 150 valence electrons. The molecule has 5 nitrogen and oxygen atoms in total. The predicted octanol–water partition coefficient (Wildman–Crippen LogP) is 4.07. The lowest BCUT2D eigenvalue weighted by Crippen LogP contribution is -2.29. The van der Waals surface area contributed by atoms with Crippen molar-refractivity contribution < 1.29 is 19.2 Å². The Bertz CT molecular complexity index is 1120. The van der Waals surface area contributed by atoms with Crippen LogP contribution in [0.15, 0.2) is 72.8 Å². The third kappa shape index (κ3) is 3.86. The SMILES string of the molecule is O=C(NO)c1ccc2c(c1)CCN2C(=O)C(=Cc1ccccc1)c1ccc(F)cc1. The van der Waals surface area contributed by atoms with Crippen LogP contribution < -0.4 is 10.4 Å². The average Bonchev–Trinajstić information content (AvgIpc) is 3.21. The topological polar surface area (TPSA) is 69.6 Å². The molecule has 3 aromatic carbocycles. The molecule has 2 N–H and O–H groups in total. The van der Waals surface area contributed by atoms with Crippen LogP contribution in [0.3, 0.4) is 0 Å². The molecule has 1 aliphatic heterocycles. The number of amides is 2. The van der Waals surface area contributed by atoms with Crippen molar-refractivity contribution in [2.24, 2.45) is 0 Å². The summed E-state index contributed by atoms with van der Waals surface area (Å²) >= 11 is 0. The number of carbonyl (C=O) groups excluding carboxylic acids is 2. The van der Waals surface area contributed by atoms with E-state index in [1.807, 2.05) is 30.3 Å². The van der Waals surface area contributed by atoms with E-state index >= 15 is 0 Å². The van der Waals surface area contributed by atoms with Crippen molar-refractivity contribution >= 4 is 29.2 Å². The van der Waals surface area contributed by atoms with E-state index in [1.54, 1.807) is 46.8 Å². The Balaban J connectivity index is 1.73. The van der Waals surface area contributed by atoms with Gasteiger partial charge in [0.1, 0.15) is 5.82 Å². The fraction of sp³-hybridized carbons (Fsp3) is 0.0833. The molecule has 2 amide bonds. The highest BCUT2D eigenvalue weighted by molar-refractivity contribution is 6.30. The first-order valence-electron chi connectivity index (χ1n) is 9.49. The lowest BCUT2D eigenvalue weighted by molar-refractivity contribution is -0.113. The van der Waals surface area contributed by atoms with E-state index in [1.165, 1.54) is 12.1 Å². The van der Waals surface area contributed by atoms with Gasteiger partial charge in [0, 0.05) is 23.4 Å². The number of hydrogen-bond acceptors (Lipinski definition) is 3. The van der Waals surface area contributed by atoms with Crippen LogP contribution in [0.4, 0.5) is 10.1 Å². The molecule has 0 saturated heterocycles. The third-order valence-corrected chi connectivity index (χ3v) is 5.08. The normalized spacial score (nSPS) is 13.1. The highest BCUT2D eigenvalue weighted by atomic mass is 19.1. The Labute approximate surface area is 173 Å². The van der Waals surface area contributed by atoms with Crippen LogP contribution in [0.5, 0.6) is 0 Å². The van der Waals surface area contributed by atoms with Gasteiger partial charge in [0.2, 0.25) is 0 Å². The second kappa shape index (κ2) is 8.31. The zero-order valence-electron chi connectivity index (χ0n) is 16.0. The molecular formula is C24H19FN2O3. The van der Waals surface area contributed by atoms with Gasteiger partial charge in [0.05, 0.1) is 0 Å². The third-order valence-electron chi connectivity index (χ3n) is 5.08. The highest BCUT2D eigenvalue weighted by Crippen LogP contribution is 2.32. The van der Waals surface area contributed by atoms with Crippen LogP contribution in [-0.4, -0.2) is 23.6 Å². The summed E-state index contributed by atoms with van der Waals surface area (Å²) in [5, 5.41) is 8.84. The number of hydrogen-bond donors (Lipinski definition) is 2. The number of hydroxylamine groups is 1. The van der Waals surface area contributed by atoms with Crippen molar-refractivity contribution in [3.63, 3.8) is 0 Å². The molecule has 0 fully saturated rings. The van der Waals surface area contributed by atoms with E-state index < -0.39 is 5.91 Å². The lowest BCUT2D eigenvalue weighted by Gasteiger charge is -2.20. The number of fused-ring (bicyclic) bond motifs is 1. The number of benzene rings is 3. The largest absolute Gasteiger partial charge is 0.308 e. The van der Waals surface area contributed by atoms with Crippen molar-refractivity contribution in [2.75, 3.05) is 11.4 Å². The van der Waals surface area contributed by atoms with Gasteiger partial charge in [-0.05, 0) is 59.5 Å². The first-order chi connectivity index (χ1) is 14.6. The minimum Gasteiger partial charge on any atom is -0.308 e. The van der Waals surface area contributed by atoms with Crippen LogP contribution >= 0.6 is 0 Å². The summed E-state index contributed by atoms with van der Waals surface area (Å²) in [6.07, 6.45) is 2.39. The molecule has 0 atom stereocenters. The zero-order valence-corrected chi connectivity index (χ0v) is 16.0. The maximum absolute atomic E-state index is 13.5. The van der Waals surface area contributed by atoms with E-state index in [4.69, 9.17) is 5.21 Å². The quantitative estimate of drug-likeness (QED) is 0.299. The van der Waals surface area contributed by atoms with E-state index in [9.17, 15) is 14.0 Å². The minimum atomic E-state index is -0.599. The van der Waals surface area contributed by atoms with Crippen LogP contribution in [0, 0.1) is 5.82 Å². The molecule has 6 heteroatoms. The first kappa shape index (κ1) is 19.5. The van der Waals surface area contributed by atoms with E-state index in [0.29, 0.717) is 29.7 Å². The number of nitrogens with zero attached hydrogens (tertiary/aromatic N) is 1. The monoisotopic (exact) mass is 402 g/mol. The summed E-state index contributed by atoms with van der Waals surface area (Å²) in [6, 6.07) is 20.3. The Morgan fingerprint density at radius 1 is 0.967 bits per heavy atom. The maximum atomic E-state index is 13.5. The molecule has 1 heterocycles. The molecule has 0 bridgehead atoms. The maximum Gasteiger partial charge on any atom is 0.274 e. The number of carbonyl (C=O) groups is 2. The zero-order chi connectivity index (χ0) is 21.1. The van der Waals surface area contributed by atoms with E-state index in [0.717, 1.165) is 16.8 Å². The molecule has 3 aromatic rings. The van der Waals surface area contributed by atoms with Crippen LogP contribution in [0.2, 0.25) is 0 Å². The summed E-state index contributed by atoms with van der Waals surface area (Å²) in [4.78, 5) is 26.8. The van der Waals surface area contributed by atoms with Crippen molar-refractivity contribution in [3.8, 4) is 0 Å². The van der Waals surface area contributed by atoms with Gasteiger partial charge in [0.15, 0.2) is 0 Å². The minimum absolute atomic E-state index is 0.205. The first-order valence-corrected chi connectivity index (χ1v) is 9.49. The van der Waals surface area contributed by atoms with Gasteiger partial charge in [-0.15, -0.1) is 0 Å². The average molecular weight is 402 g/mol. The van der Waals surface area contributed by atoms with Gasteiger partial charge in [-0.3, -0.25) is 14.8 Å². The van der Waals surface area contributed by atoms with Crippen molar-refractivity contribution in [2.45, 2.75) is 6.42 Å². The molecule has 30 heavy (non-hydrogen) atoms. The van der Waals surface area contributed by atoms with Crippen LogP contribution in [0.1, 0.15) is 27.0 Å². The van der Waals surface area contributed by atoms with Gasteiger partial charge in [-0.25, -0.2) is 9.87 Å². The molecule has 0 spiro atoms. The smallest absolute Gasteiger partial charge is 0.274 e. The van der Waals surface area contributed by atoms with E-state index in [2.05, 4.69) is 0 Å². The molecule has 0 aliphatic carbocycles.